The summed E-state index contributed by atoms with van der Waals surface area (Å²) in [6, 6.07) is 1.89. The van der Waals surface area contributed by atoms with Gasteiger partial charge in [0, 0.05) is 52.4 Å². The molecule has 0 aliphatic carbocycles. The standard InChI is InChI=1S/C18H26N6O3S/c1-13-19-17(12-22(13)3)28(26,27)23-9-5-14(6-10-23)15-11-16-18(25)21(2)7-4-8-24(16)20-15/h11-12,14H,4-10H2,1-3H3. The van der Waals surface area contributed by atoms with Crippen molar-refractivity contribution in [1.29, 1.82) is 0 Å². The molecule has 0 radical (unpaired) electrons. The van der Waals surface area contributed by atoms with E-state index in [0.717, 1.165) is 25.2 Å². The van der Waals surface area contributed by atoms with E-state index >= 15 is 0 Å². The molecule has 152 valence electrons. The Morgan fingerprint density at radius 2 is 1.82 bits per heavy atom. The molecule has 0 aromatic carbocycles. The molecule has 2 aliphatic rings. The van der Waals surface area contributed by atoms with Crippen molar-refractivity contribution >= 4 is 15.9 Å². The van der Waals surface area contributed by atoms with E-state index in [-0.39, 0.29) is 16.9 Å². The van der Waals surface area contributed by atoms with Crippen LogP contribution in [0.25, 0.3) is 0 Å². The maximum atomic E-state index is 12.9. The number of carbonyl (C=O) groups is 1. The summed E-state index contributed by atoms with van der Waals surface area (Å²) < 4.78 is 30.7. The van der Waals surface area contributed by atoms with Crippen LogP contribution >= 0.6 is 0 Å². The third kappa shape index (κ3) is 3.24. The van der Waals surface area contributed by atoms with E-state index in [9.17, 15) is 13.2 Å². The summed E-state index contributed by atoms with van der Waals surface area (Å²) in [5.41, 5.74) is 1.53. The quantitative estimate of drug-likeness (QED) is 0.757. The minimum Gasteiger partial charge on any atom is -0.340 e. The maximum absolute atomic E-state index is 12.9. The number of piperidine rings is 1. The van der Waals surface area contributed by atoms with Gasteiger partial charge >= 0.3 is 0 Å². The van der Waals surface area contributed by atoms with Gasteiger partial charge in [0.1, 0.15) is 11.5 Å². The monoisotopic (exact) mass is 406 g/mol. The predicted molar refractivity (Wildman–Crippen MR) is 102 cm³/mol. The molecule has 0 spiro atoms. The maximum Gasteiger partial charge on any atom is 0.271 e. The third-order valence-electron chi connectivity index (χ3n) is 5.79. The van der Waals surface area contributed by atoms with Crippen molar-refractivity contribution in [3.8, 4) is 0 Å². The first kappa shape index (κ1) is 19.1. The van der Waals surface area contributed by atoms with Crippen LogP contribution in [0.15, 0.2) is 17.3 Å². The largest absolute Gasteiger partial charge is 0.340 e. The smallest absolute Gasteiger partial charge is 0.271 e. The molecular formula is C18H26N6O3S. The first-order chi connectivity index (χ1) is 13.3. The number of rotatable bonds is 3. The zero-order valence-electron chi connectivity index (χ0n) is 16.5. The van der Waals surface area contributed by atoms with Crippen molar-refractivity contribution in [2.24, 2.45) is 7.05 Å². The summed E-state index contributed by atoms with van der Waals surface area (Å²) in [5.74, 6) is 0.832. The number of hydrogen-bond donors (Lipinski definition) is 0. The van der Waals surface area contributed by atoms with Gasteiger partial charge in [-0.15, -0.1) is 0 Å². The molecule has 1 saturated heterocycles. The van der Waals surface area contributed by atoms with Gasteiger partial charge in [-0.3, -0.25) is 9.48 Å². The number of sulfonamides is 1. The van der Waals surface area contributed by atoms with Crippen LogP contribution in [0.3, 0.4) is 0 Å². The summed E-state index contributed by atoms with van der Waals surface area (Å²) in [4.78, 5) is 18.4. The summed E-state index contributed by atoms with van der Waals surface area (Å²) >= 11 is 0. The van der Waals surface area contributed by atoms with E-state index in [1.54, 1.807) is 34.3 Å². The molecular weight excluding hydrogens is 380 g/mol. The Labute approximate surface area is 165 Å². The van der Waals surface area contributed by atoms with Crippen LogP contribution in [0.4, 0.5) is 0 Å². The minimum atomic E-state index is -3.58. The molecule has 0 N–H and O–H groups in total. The molecule has 4 rings (SSSR count). The number of imidazole rings is 1. The molecule has 2 aromatic rings. The van der Waals surface area contributed by atoms with Crippen LogP contribution in [0.5, 0.6) is 0 Å². The summed E-state index contributed by atoms with van der Waals surface area (Å²) in [5, 5.41) is 4.77. The van der Waals surface area contributed by atoms with Gasteiger partial charge in [0.05, 0.1) is 5.69 Å². The van der Waals surface area contributed by atoms with Crippen molar-refractivity contribution in [3.05, 3.63) is 29.5 Å². The van der Waals surface area contributed by atoms with Crippen molar-refractivity contribution in [2.45, 2.75) is 43.7 Å². The highest BCUT2D eigenvalue weighted by atomic mass is 32.2. The summed E-state index contributed by atoms with van der Waals surface area (Å²) in [6.45, 7) is 4.11. The lowest BCUT2D eigenvalue weighted by atomic mass is 9.94. The SMILES string of the molecule is Cc1nc(S(=O)(=O)N2CCC(c3cc4n(n3)CCCN(C)C4=O)CC2)cn1C. The normalized spacial score (nSPS) is 19.7. The van der Waals surface area contributed by atoms with Gasteiger partial charge in [-0.05, 0) is 32.3 Å². The number of aromatic nitrogens is 4. The van der Waals surface area contributed by atoms with Crippen LogP contribution < -0.4 is 0 Å². The molecule has 2 aromatic heterocycles. The van der Waals surface area contributed by atoms with Crippen molar-refractivity contribution in [1.82, 2.24) is 28.5 Å². The molecule has 28 heavy (non-hydrogen) atoms. The zero-order chi connectivity index (χ0) is 20.1. The van der Waals surface area contributed by atoms with Crippen LogP contribution in [-0.2, 0) is 23.6 Å². The molecule has 0 atom stereocenters. The number of carbonyl (C=O) groups excluding carboxylic acids is 1. The molecule has 1 fully saturated rings. The Morgan fingerprint density at radius 1 is 1.11 bits per heavy atom. The van der Waals surface area contributed by atoms with Crippen molar-refractivity contribution in [3.63, 3.8) is 0 Å². The highest BCUT2D eigenvalue weighted by Gasteiger charge is 2.33. The summed E-state index contributed by atoms with van der Waals surface area (Å²) in [6.07, 6.45) is 3.82. The van der Waals surface area contributed by atoms with Crippen LogP contribution in [0.1, 0.15) is 47.2 Å². The third-order valence-corrected chi connectivity index (χ3v) is 7.56. The zero-order valence-corrected chi connectivity index (χ0v) is 17.3. The second kappa shape index (κ2) is 7.00. The predicted octanol–water partition coefficient (Wildman–Crippen LogP) is 0.969. The van der Waals surface area contributed by atoms with E-state index in [1.165, 1.54) is 4.31 Å². The number of amides is 1. The molecule has 4 heterocycles. The first-order valence-electron chi connectivity index (χ1n) is 9.60. The minimum absolute atomic E-state index is 0.00165. The first-order valence-corrected chi connectivity index (χ1v) is 11.0. The Kier molecular flexibility index (Phi) is 4.78. The molecule has 0 unspecified atom stereocenters. The van der Waals surface area contributed by atoms with Gasteiger partial charge in [-0.2, -0.15) is 9.40 Å². The van der Waals surface area contributed by atoms with Gasteiger partial charge in [0.2, 0.25) is 0 Å². The van der Waals surface area contributed by atoms with E-state index in [4.69, 9.17) is 0 Å². The lowest BCUT2D eigenvalue weighted by molar-refractivity contribution is 0.0796. The Morgan fingerprint density at radius 3 is 2.46 bits per heavy atom. The van der Waals surface area contributed by atoms with E-state index in [2.05, 4.69) is 10.1 Å². The highest BCUT2D eigenvalue weighted by Crippen LogP contribution is 2.31. The topological polar surface area (TPSA) is 93.3 Å². The molecule has 1 amide bonds. The fraction of sp³-hybridized carbons (Fsp3) is 0.611. The number of fused-ring (bicyclic) bond motifs is 1. The Hall–Kier alpha value is -2.20. The van der Waals surface area contributed by atoms with Crippen LogP contribution in [0.2, 0.25) is 0 Å². The van der Waals surface area contributed by atoms with E-state index in [0.29, 0.717) is 37.4 Å². The lowest BCUT2D eigenvalue weighted by Crippen LogP contribution is -2.38. The van der Waals surface area contributed by atoms with Crippen molar-refractivity contribution in [2.75, 3.05) is 26.7 Å². The second-order valence-electron chi connectivity index (χ2n) is 7.67. The number of hydrogen-bond acceptors (Lipinski definition) is 5. The number of aryl methyl sites for hydroxylation is 3. The van der Waals surface area contributed by atoms with Crippen LogP contribution in [0, 0.1) is 6.92 Å². The van der Waals surface area contributed by atoms with Gasteiger partial charge in [0.25, 0.3) is 15.9 Å². The Bertz CT molecular complexity index is 981. The molecule has 0 bridgehead atoms. The molecule has 2 aliphatic heterocycles. The average Bonchev–Trinajstić information content (AvgIpc) is 3.22. The fourth-order valence-corrected chi connectivity index (χ4v) is 5.40. The van der Waals surface area contributed by atoms with Gasteiger partial charge in [0.15, 0.2) is 5.03 Å². The van der Waals surface area contributed by atoms with Crippen LogP contribution in [-0.4, -0.2) is 69.5 Å². The second-order valence-corrected chi connectivity index (χ2v) is 9.56. The molecule has 10 heteroatoms. The van der Waals surface area contributed by atoms with E-state index < -0.39 is 10.0 Å². The van der Waals surface area contributed by atoms with E-state index in [1.807, 2.05) is 13.1 Å². The lowest BCUT2D eigenvalue weighted by Gasteiger charge is -2.29. The highest BCUT2D eigenvalue weighted by molar-refractivity contribution is 7.89. The fourth-order valence-electron chi connectivity index (χ4n) is 3.91. The van der Waals surface area contributed by atoms with Gasteiger partial charge in [-0.25, -0.2) is 13.4 Å². The van der Waals surface area contributed by atoms with Gasteiger partial charge in [-0.1, -0.05) is 0 Å². The average molecular weight is 407 g/mol. The molecule has 9 nitrogen and oxygen atoms in total. The van der Waals surface area contributed by atoms with Crippen molar-refractivity contribution < 1.29 is 13.2 Å². The number of nitrogens with zero attached hydrogens (tertiary/aromatic N) is 6. The Balaban J connectivity index is 1.48. The molecule has 0 saturated carbocycles. The van der Waals surface area contributed by atoms with Gasteiger partial charge < -0.3 is 9.47 Å². The summed E-state index contributed by atoms with van der Waals surface area (Å²) in [7, 11) is 0.0221.